The van der Waals surface area contributed by atoms with Crippen LogP contribution in [0.25, 0.3) is 0 Å². The molecule has 2 rings (SSSR count). The van der Waals surface area contributed by atoms with Crippen LogP contribution in [-0.4, -0.2) is 46.7 Å². The van der Waals surface area contributed by atoms with Gasteiger partial charge in [0, 0.05) is 19.3 Å². The number of hydrogen-bond acceptors (Lipinski definition) is 7. The molecular formula is C14H20ClN5O2S. The Bertz CT molecular complexity index is 638. The van der Waals surface area contributed by atoms with Crippen LogP contribution in [-0.2, 0) is 13.6 Å². The molecule has 0 aliphatic carbocycles. The molecular weight excluding hydrogens is 338 g/mol. The summed E-state index contributed by atoms with van der Waals surface area (Å²) in [4.78, 5) is 0. The van der Waals surface area contributed by atoms with Gasteiger partial charge in [0.25, 0.3) is 0 Å². The number of tetrazole rings is 1. The Morgan fingerprint density at radius 3 is 2.78 bits per heavy atom. The van der Waals surface area contributed by atoms with Gasteiger partial charge in [0.2, 0.25) is 5.16 Å². The second kappa shape index (κ2) is 8.95. The lowest BCUT2D eigenvalue weighted by molar-refractivity contribution is 0.354. The summed E-state index contributed by atoms with van der Waals surface area (Å²) >= 11 is 7.83. The molecule has 0 aliphatic heterocycles. The monoisotopic (exact) mass is 357 g/mol. The molecule has 0 amide bonds. The summed E-state index contributed by atoms with van der Waals surface area (Å²) in [6.07, 6.45) is 1.01. The number of benzene rings is 1. The van der Waals surface area contributed by atoms with Gasteiger partial charge in [-0.2, -0.15) is 0 Å². The van der Waals surface area contributed by atoms with Crippen LogP contribution in [0.5, 0.6) is 11.5 Å². The van der Waals surface area contributed by atoms with Crippen molar-refractivity contribution in [2.75, 3.05) is 26.5 Å². The van der Waals surface area contributed by atoms with E-state index in [1.165, 1.54) is 0 Å². The first-order valence-corrected chi connectivity index (χ1v) is 8.48. The summed E-state index contributed by atoms with van der Waals surface area (Å²) in [5.74, 6) is 2.15. The van der Waals surface area contributed by atoms with E-state index in [0.29, 0.717) is 16.5 Å². The third kappa shape index (κ3) is 4.98. The lowest BCUT2D eigenvalue weighted by atomic mass is 10.2. The zero-order chi connectivity index (χ0) is 16.7. The predicted molar refractivity (Wildman–Crippen MR) is 90.4 cm³/mol. The highest BCUT2D eigenvalue weighted by atomic mass is 35.5. The maximum atomic E-state index is 6.19. The fraction of sp³-hybridized carbons (Fsp3) is 0.500. The van der Waals surface area contributed by atoms with Crippen molar-refractivity contribution in [3.63, 3.8) is 0 Å². The number of halogens is 1. The summed E-state index contributed by atoms with van der Waals surface area (Å²) in [6.45, 7) is 1.61. The molecule has 0 atom stereocenters. The van der Waals surface area contributed by atoms with Crippen molar-refractivity contribution in [1.29, 1.82) is 0 Å². The second-order valence-electron chi connectivity index (χ2n) is 4.78. The minimum Gasteiger partial charge on any atom is -0.493 e. The van der Waals surface area contributed by atoms with Gasteiger partial charge in [0.05, 0.1) is 19.2 Å². The maximum absolute atomic E-state index is 6.19. The molecule has 0 saturated carbocycles. The Hall–Kier alpha value is -1.51. The number of aromatic nitrogens is 4. The van der Waals surface area contributed by atoms with Gasteiger partial charge in [-0.15, -0.1) is 5.10 Å². The number of hydrogen-bond donors (Lipinski definition) is 1. The molecule has 126 valence electrons. The van der Waals surface area contributed by atoms with Crippen molar-refractivity contribution in [2.45, 2.75) is 18.1 Å². The first-order valence-electron chi connectivity index (χ1n) is 7.12. The fourth-order valence-electron chi connectivity index (χ4n) is 2.01. The van der Waals surface area contributed by atoms with Gasteiger partial charge >= 0.3 is 0 Å². The quantitative estimate of drug-likeness (QED) is 0.544. The van der Waals surface area contributed by atoms with Crippen LogP contribution in [0.15, 0.2) is 17.3 Å². The Labute approximate surface area is 144 Å². The molecule has 0 radical (unpaired) electrons. The minimum atomic E-state index is 0.550. The predicted octanol–water partition coefficient (Wildman–Crippen LogP) is 2.15. The topological polar surface area (TPSA) is 74.1 Å². The molecule has 1 heterocycles. The van der Waals surface area contributed by atoms with Gasteiger partial charge in [-0.25, -0.2) is 4.68 Å². The van der Waals surface area contributed by atoms with Gasteiger partial charge in [-0.1, -0.05) is 23.4 Å². The number of ether oxygens (including phenoxy) is 2. The van der Waals surface area contributed by atoms with E-state index < -0.39 is 0 Å². The Morgan fingerprint density at radius 2 is 2.13 bits per heavy atom. The van der Waals surface area contributed by atoms with Gasteiger partial charge in [-0.3, -0.25) is 0 Å². The molecule has 0 fully saturated rings. The Kier molecular flexibility index (Phi) is 6.94. The van der Waals surface area contributed by atoms with Crippen molar-refractivity contribution < 1.29 is 9.47 Å². The number of methoxy groups -OCH3 is 2. The van der Waals surface area contributed by atoms with Crippen LogP contribution in [0.1, 0.15) is 12.0 Å². The zero-order valence-electron chi connectivity index (χ0n) is 13.4. The van der Waals surface area contributed by atoms with E-state index in [2.05, 4.69) is 20.8 Å². The molecule has 1 aromatic carbocycles. The summed E-state index contributed by atoms with van der Waals surface area (Å²) in [7, 11) is 5.01. The smallest absolute Gasteiger partial charge is 0.209 e. The van der Waals surface area contributed by atoms with Crippen molar-refractivity contribution in [2.24, 2.45) is 7.05 Å². The highest BCUT2D eigenvalue weighted by molar-refractivity contribution is 7.99. The Balaban J connectivity index is 1.74. The molecule has 2 aromatic rings. The summed E-state index contributed by atoms with van der Waals surface area (Å²) < 4.78 is 12.2. The van der Waals surface area contributed by atoms with Gasteiger partial charge in [-0.05, 0) is 41.1 Å². The van der Waals surface area contributed by atoms with Crippen LogP contribution in [0, 0.1) is 0 Å². The molecule has 1 aromatic heterocycles. The van der Waals surface area contributed by atoms with Crippen molar-refractivity contribution in [3.8, 4) is 11.5 Å². The van der Waals surface area contributed by atoms with E-state index >= 15 is 0 Å². The normalized spacial score (nSPS) is 10.8. The van der Waals surface area contributed by atoms with Gasteiger partial charge in [0.1, 0.15) is 0 Å². The number of nitrogens with zero attached hydrogens (tertiary/aromatic N) is 4. The fourth-order valence-corrected chi connectivity index (χ4v) is 3.11. The summed E-state index contributed by atoms with van der Waals surface area (Å²) in [6, 6.07) is 3.81. The van der Waals surface area contributed by atoms with Crippen molar-refractivity contribution in [3.05, 3.63) is 22.7 Å². The largest absolute Gasteiger partial charge is 0.493 e. The minimum absolute atomic E-state index is 0.550. The molecule has 0 bridgehead atoms. The average molecular weight is 358 g/mol. The average Bonchev–Trinajstić information content (AvgIpc) is 2.95. The van der Waals surface area contributed by atoms with Crippen LogP contribution in [0.2, 0.25) is 5.02 Å². The molecule has 0 spiro atoms. The number of aryl methyl sites for hydroxylation is 1. The van der Waals surface area contributed by atoms with E-state index in [4.69, 9.17) is 21.1 Å². The maximum Gasteiger partial charge on any atom is 0.209 e. The zero-order valence-corrected chi connectivity index (χ0v) is 14.9. The lowest BCUT2D eigenvalue weighted by Crippen LogP contribution is -2.15. The van der Waals surface area contributed by atoms with E-state index in [9.17, 15) is 0 Å². The molecule has 9 heteroatoms. The van der Waals surface area contributed by atoms with Gasteiger partial charge in [0.15, 0.2) is 11.5 Å². The van der Waals surface area contributed by atoms with E-state index in [1.807, 2.05) is 19.2 Å². The van der Waals surface area contributed by atoms with Crippen LogP contribution in [0.3, 0.4) is 0 Å². The van der Waals surface area contributed by atoms with E-state index in [0.717, 1.165) is 36.0 Å². The summed E-state index contributed by atoms with van der Waals surface area (Å²) in [5, 5.41) is 16.1. The first-order chi connectivity index (χ1) is 11.2. The molecule has 0 unspecified atom stereocenters. The van der Waals surface area contributed by atoms with Crippen LogP contribution >= 0.6 is 23.4 Å². The molecule has 7 nitrogen and oxygen atoms in total. The van der Waals surface area contributed by atoms with E-state index in [1.54, 1.807) is 30.7 Å². The van der Waals surface area contributed by atoms with Gasteiger partial charge < -0.3 is 14.8 Å². The molecule has 23 heavy (non-hydrogen) atoms. The first kappa shape index (κ1) is 17.8. The second-order valence-corrected chi connectivity index (χ2v) is 6.25. The number of nitrogens with one attached hydrogen (secondary N) is 1. The number of thioether (sulfide) groups is 1. The van der Waals surface area contributed by atoms with Crippen LogP contribution < -0.4 is 14.8 Å². The highest BCUT2D eigenvalue weighted by Gasteiger charge is 2.10. The van der Waals surface area contributed by atoms with Crippen molar-refractivity contribution >= 4 is 23.4 Å². The lowest BCUT2D eigenvalue weighted by Gasteiger charge is -2.12. The molecule has 0 saturated heterocycles. The third-order valence-electron chi connectivity index (χ3n) is 3.13. The van der Waals surface area contributed by atoms with Crippen LogP contribution in [0.4, 0.5) is 0 Å². The molecule has 1 N–H and O–H groups in total. The highest BCUT2D eigenvalue weighted by Crippen LogP contribution is 2.35. The standard InChI is InChI=1S/C14H20ClN5O2S/c1-20-14(17-18-19-20)23-6-4-5-16-9-10-7-11(15)13(22-3)12(8-10)21-2/h7-8,16H,4-6,9H2,1-3H3. The number of rotatable bonds is 9. The Morgan fingerprint density at radius 1 is 1.30 bits per heavy atom. The SMILES string of the molecule is COc1cc(CNCCCSc2nnnn2C)cc(Cl)c1OC. The third-order valence-corrected chi connectivity index (χ3v) is 4.51. The summed E-state index contributed by atoms with van der Waals surface area (Å²) in [5.41, 5.74) is 1.05. The van der Waals surface area contributed by atoms with E-state index in [-0.39, 0.29) is 0 Å². The molecule has 0 aliphatic rings. The van der Waals surface area contributed by atoms with Crippen molar-refractivity contribution in [1.82, 2.24) is 25.5 Å².